The van der Waals surface area contributed by atoms with Crippen LogP contribution >= 0.6 is 0 Å². The summed E-state index contributed by atoms with van der Waals surface area (Å²) in [6.45, 7) is 5.12. The SMILES string of the molecule is CCS(=O)CCNC(C)CC1CC1. The number of nitrogens with one attached hydrogen (secondary N) is 1. The Bertz CT molecular complexity index is 168. The van der Waals surface area contributed by atoms with E-state index in [1.54, 1.807) is 0 Å². The molecular formula is C10H21NOS. The third kappa shape index (κ3) is 5.42. The number of rotatable bonds is 7. The highest BCUT2D eigenvalue weighted by Crippen LogP contribution is 2.33. The van der Waals surface area contributed by atoms with E-state index in [4.69, 9.17) is 0 Å². The summed E-state index contributed by atoms with van der Waals surface area (Å²) in [7, 11) is -0.603. The Balaban J connectivity index is 1.94. The second-order valence-corrected chi connectivity index (χ2v) is 5.83. The molecule has 0 spiro atoms. The Kier molecular flexibility index (Phi) is 4.96. The minimum atomic E-state index is -0.603. The fraction of sp³-hybridized carbons (Fsp3) is 1.00. The summed E-state index contributed by atoms with van der Waals surface area (Å²) in [6, 6.07) is 0.612. The molecule has 0 aromatic heterocycles. The van der Waals surface area contributed by atoms with Gasteiger partial charge in [0.25, 0.3) is 0 Å². The van der Waals surface area contributed by atoms with Crippen molar-refractivity contribution in [1.82, 2.24) is 5.32 Å². The average Bonchev–Trinajstić information content (AvgIpc) is 2.88. The summed E-state index contributed by atoms with van der Waals surface area (Å²) in [5.41, 5.74) is 0. The van der Waals surface area contributed by atoms with Gasteiger partial charge in [0.15, 0.2) is 0 Å². The molecule has 13 heavy (non-hydrogen) atoms. The molecule has 2 nitrogen and oxygen atoms in total. The molecule has 1 aliphatic rings. The first-order chi connectivity index (χ1) is 6.22. The second-order valence-electron chi connectivity index (χ2n) is 3.97. The third-order valence-electron chi connectivity index (χ3n) is 2.53. The molecule has 0 saturated heterocycles. The maximum absolute atomic E-state index is 11.1. The normalized spacial score (nSPS) is 21.4. The van der Waals surface area contributed by atoms with E-state index in [0.29, 0.717) is 6.04 Å². The Morgan fingerprint density at radius 2 is 2.23 bits per heavy atom. The Morgan fingerprint density at radius 1 is 1.54 bits per heavy atom. The van der Waals surface area contributed by atoms with Gasteiger partial charge in [0.1, 0.15) is 0 Å². The van der Waals surface area contributed by atoms with Gasteiger partial charge in [-0.2, -0.15) is 0 Å². The fourth-order valence-electron chi connectivity index (χ4n) is 1.50. The van der Waals surface area contributed by atoms with Crippen LogP contribution in [0.2, 0.25) is 0 Å². The van der Waals surface area contributed by atoms with Crippen molar-refractivity contribution in [2.75, 3.05) is 18.1 Å². The van der Waals surface area contributed by atoms with E-state index in [0.717, 1.165) is 24.0 Å². The lowest BCUT2D eigenvalue weighted by Crippen LogP contribution is -2.30. The van der Waals surface area contributed by atoms with E-state index in [-0.39, 0.29) is 0 Å². The summed E-state index contributed by atoms with van der Waals surface area (Å²) >= 11 is 0. The highest BCUT2D eigenvalue weighted by molar-refractivity contribution is 7.84. The molecular weight excluding hydrogens is 182 g/mol. The van der Waals surface area contributed by atoms with Crippen molar-refractivity contribution in [3.63, 3.8) is 0 Å². The van der Waals surface area contributed by atoms with Crippen molar-refractivity contribution < 1.29 is 4.21 Å². The summed E-state index contributed by atoms with van der Waals surface area (Å²) in [5.74, 6) is 2.59. The van der Waals surface area contributed by atoms with E-state index in [1.165, 1.54) is 19.3 Å². The van der Waals surface area contributed by atoms with Crippen molar-refractivity contribution in [1.29, 1.82) is 0 Å². The molecule has 0 aromatic rings. The lowest BCUT2D eigenvalue weighted by atomic mass is 10.2. The van der Waals surface area contributed by atoms with Gasteiger partial charge >= 0.3 is 0 Å². The number of hydrogen-bond acceptors (Lipinski definition) is 2. The first-order valence-corrected chi connectivity index (χ1v) is 6.79. The average molecular weight is 203 g/mol. The summed E-state index contributed by atoms with van der Waals surface area (Å²) in [5, 5.41) is 3.43. The van der Waals surface area contributed by atoms with Crippen molar-refractivity contribution in [3.8, 4) is 0 Å². The minimum Gasteiger partial charge on any atom is -0.313 e. The van der Waals surface area contributed by atoms with Gasteiger partial charge in [-0.1, -0.05) is 19.8 Å². The predicted molar refractivity (Wildman–Crippen MR) is 58.4 cm³/mol. The topological polar surface area (TPSA) is 29.1 Å². The molecule has 0 amide bonds. The van der Waals surface area contributed by atoms with Crippen LogP contribution in [0.3, 0.4) is 0 Å². The van der Waals surface area contributed by atoms with Crippen LogP contribution in [0.4, 0.5) is 0 Å². The van der Waals surface area contributed by atoms with Gasteiger partial charge in [-0.25, -0.2) is 0 Å². The zero-order valence-corrected chi connectivity index (χ0v) is 9.53. The molecule has 1 fully saturated rings. The van der Waals surface area contributed by atoms with Crippen LogP contribution in [0.1, 0.15) is 33.1 Å². The molecule has 1 rings (SSSR count). The van der Waals surface area contributed by atoms with E-state index >= 15 is 0 Å². The largest absolute Gasteiger partial charge is 0.313 e. The van der Waals surface area contributed by atoms with Crippen LogP contribution in [0.5, 0.6) is 0 Å². The van der Waals surface area contributed by atoms with Crippen molar-refractivity contribution in [2.24, 2.45) is 5.92 Å². The van der Waals surface area contributed by atoms with Crippen molar-refractivity contribution in [2.45, 2.75) is 39.2 Å². The lowest BCUT2D eigenvalue weighted by Gasteiger charge is -2.12. The van der Waals surface area contributed by atoms with Gasteiger partial charge in [-0.3, -0.25) is 4.21 Å². The van der Waals surface area contributed by atoms with E-state index < -0.39 is 10.8 Å². The molecule has 78 valence electrons. The monoisotopic (exact) mass is 203 g/mol. The molecule has 0 heterocycles. The smallest absolute Gasteiger partial charge is 0.0360 e. The molecule has 2 unspecified atom stereocenters. The van der Waals surface area contributed by atoms with Crippen LogP contribution in [0.15, 0.2) is 0 Å². The molecule has 0 radical (unpaired) electrons. The van der Waals surface area contributed by atoms with Gasteiger partial charge in [0.05, 0.1) is 0 Å². The molecule has 3 heteroatoms. The second kappa shape index (κ2) is 5.76. The molecule has 1 aliphatic carbocycles. The predicted octanol–water partition coefficient (Wildman–Crippen LogP) is 1.53. The Labute approximate surface area is 83.9 Å². The van der Waals surface area contributed by atoms with Crippen molar-refractivity contribution in [3.05, 3.63) is 0 Å². The van der Waals surface area contributed by atoms with Crippen LogP contribution in [-0.4, -0.2) is 28.3 Å². The van der Waals surface area contributed by atoms with Crippen LogP contribution in [-0.2, 0) is 10.8 Å². The summed E-state index contributed by atoms with van der Waals surface area (Å²) in [6.07, 6.45) is 4.15. The molecule has 1 saturated carbocycles. The molecule has 2 atom stereocenters. The van der Waals surface area contributed by atoms with Crippen molar-refractivity contribution >= 4 is 10.8 Å². The van der Waals surface area contributed by atoms with Crippen LogP contribution < -0.4 is 5.32 Å². The van der Waals surface area contributed by atoms with Crippen LogP contribution in [0.25, 0.3) is 0 Å². The van der Waals surface area contributed by atoms with E-state index in [1.807, 2.05) is 6.92 Å². The quantitative estimate of drug-likeness (QED) is 0.680. The van der Waals surface area contributed by atoms with Gasteiger partial charge < -0.3 is 5.32 Å². The first kappa shape index (κ1) is 11.2. The van der Waals surface area contributed by atoms with Gasteiger partial charge in [-0.15, -0.1) is 0 Å². The lowest BCUT2D eigenvalue weighted by molar-refractivity contribution is 0.502. The molecule has 0 aromatic carbocycles. The number of hydrogen-bond donors (Lipinski definition) is 1. The standard InChI is InChI=1S/C10H21NOS/c1-3-13(12)7-6-11-9(2)8-10-4-5-10/h9-11H,3-8H2,1-2H3. The zero-order chi connectivity index (χ0) is 9.68. The highest BCUT2D eigenvalue weighted by atomic mass is 32.2. The Hall–Kier alpha value is 0.110. The van der Waals surface area contributed by atoms with Crippen LogP contribution in [0, 0.1) is 5.92 Å². The zero-order valence-electron chi connectivity index (χ0n) is 8.71. The molecule has 0 aliphatic heterocycles. The Morgan fingerprint density at radius 3 is 2.77 bits per heavy atom. The third-order valence-corrected chi connectivity index (χ3v) is 3.83. The van der Waals surface area contributed by atoms with E-state index in [2.05, 4.69) is 12.2 Å². The van der Waals surface area contributed by atoms with Gasteiger partial charge in [0.2, 0.25) is 0 Å². The molecule has 0 bridgehead atoms. The van der Waals surface area contributed by atoms with E-state index in [9.17, 15) is 4.21 Å². The van der Waals surface area contributed by atoms with Gasteiger partial charge in [0, 0.05) is 34.9 Å². The maximum atomic E-state index is 11.1. The molecule has 1 N–H and O–H groups in total. The highest BCUT2D eigenvalue weighted by Gasteiger charge is 2.23. The maximum Gasteiger partial charge on any atom is 0.0360 e. The fourth-order valence-corrected chi connectivity index (χ4v) is 2.13. The summed E-state index contributed by atoms with van der Waals surface area (Å²) in [4.78, 5) is 0. The summed E-state index contributed by atoms with van der Waals surface area (Å²) < 4.78 is 11.1. The minimum absolute atomic E-state index is 0.603. The first-order valence-electron chi connectivity index (χ1n) is 5.30. The van der Waals surface area contributed by atoms with Gasteiger partial charge in [-0.05, 0) is 19.3 Å².